The molecule has 0 aliphatic heterocycles. The smallest absolute Gasteiger partial charge is 0.0715 e. The van der Waals surface area contributed by atoms with Crippen LogP contribution in [0.2, 0.25) is 0 Å². The number of rotatable bonds is 9. The molecule has 1 aromatic heterocycles. The molecule has 72 heavy (non-hydrogen) atoms. The highest BCUT2D eigenvalue weighted by Gasteiger charge is 2.20. The summed E-state index contributed by atoms with van der Waals surface area (Å²) in [7, 11) is 0. The van der Waals surface area contributed by atoms with Crippen molar-refractivity contribution in [3.8, 4) is 89.3 Å². The van der Waals surface area contributed by atoms with Crippen LogP contribution in [0.1, 0.15) is 91.8 Å². The average Bonchev–Trinajstić information content (AvgIpc) is 3.40. The first-order chi connectivity index (χ1) is 34.5. The van der Waals surface area contributed by atoms with Gasteiger partial charge in [0.05, 0.1) is 11.4 Å². The fourth-order valence-corrected chi connectivity index (χ4v) is 9.93. The van der Waals surface area contributed by atoms with Gasteiger partial charge in [-0.2, -0.15) is 0 Å². The molecule has 356 valence electrons. The Labute approximate surface area is 429 Å². The summed E-state index contributed by atoms with van der Waals surface area (Å²) in [6.45, 7) is 20.5. The van der Waals surface area contributed by atoms with E-state index >= 15 is 0 Å². The topological polar surface area (TPSA) is 12.9 Å². The third kappa shape index (κ3) is 10.7. The molecule has 0 N–H and O–H groups in total. The van der Waals surface area contributed by atoms with Gasteiger partial charge in [0, 0.05) is 11.1 Å². The lowest BCUT2D eigenvalue weighted by Crippen LogP contribution is -2.11. The van der Waals surface area contributed by atoms with Crippen LogP contribution in [-0.4, -0.2) is 4.98 Å². The summed E-state index contributed by atoms with van der Waals surface area (Å²) in [4.78, 5) is 5.36. The minimum atomic E-state index is 0.135. The quantitative estimate of drug-likeness (QED) is 0.141. The van der Waals surface area contributed by atoms with Gasteiger partial charge in [0.15, 0.2) is 0 Å². The monoisotopic (exact) mass is 934 g/mol. The number of nitrogens with zero attached hydrogens (tertiary/aromatic N) is 1. The molecule has 0 unspecified atom stereocenters. The van der Waals surface area contributed by atoms with Gasteiger partial charge in [-0.1, -0.05) is 274 Å². The van der Waals surface area contributed by atoms with Crippen LogP contribution >= 0.6 is 0 Å². The van der Waals surface area contributed by atoms with Crippen LogP contribution in [0.5, 0.6) is 0 Å². The SMILES string of the molecule is CC(C)(C)C1=CC=C(c2ccc(-c3ccc(-c4cc(-c5ccc(-c6ccc(-c7ccc(C(C)(C)C)cc7)cc6)cc5)cc(-c5ccc(-c6ccc(-c7ccc(C(C)(C)C)cc7)cc6)cc5)n4)cc3)cc2)CC1. The Balaban J connectivity index is 0.925. The summed E-state index contributed by atoms with van der Waals surface area (Å²) < 4.78 is 0. The van der Waals surface area contributed by atoms with E-state index in [-0.39, 0.29) is 16.2 Å². The van der Waals surface area contributed by atoms with Crippen LogP contribution in [0.4, 0.5) is 0 Å². The van der Waals surface area contributed by atoms with Gasteiger partial charge >= 0.3 is 0 Å². The van der Waals surface area contributed by atoms with Crippen LogP contribution in [-0.2, 0) is 10.8 Å². The number of aromatic nitrogens is 1. The van der Waals surface area contributed by atoms with E-state index < -0.39 is 0 Å². The molecule has 1 heterocycles. The molecular weight excluding hydrogens is 867 g/mol. The highest BCUT2D eigenvalue weighted by Crippen LogP contribution is 2.38. The van der Waals surface area contributed by atoms with E-state index in [1.165, 1.54) is 83.5 Å². The minimum Gasteiger partial charge on any atom is -0.248 e. The van der Waals surface area contributed by atoms with E-state index in [4.69, 9.17) is 4.98 Å². The minimum absolute atomic E-state index is 0.135. The van der Waals surface area contributed by atoms with Gasteiger partial charge in [-0.15, -0.1) is 0 Å². The molecule has 1 nitrogen and oxygen atoms in total. The second-order valence-corrected chi connectivity index (χ2v) is 22.9. The summed E-state index contributed by atoms with van der Waals surface area (Å²) in [5, 5.41) is 0. The van der Waals surface area contributed by atoms with Crippen molar-refractivity contribution in [2.45, 2.75) is 86.0 Å². The van der Waals surface area contributed by atoms with Crippen molar-refractivity contribution >= 4 is 5.57 Å². The first-order valence-electron chi connectivity index (χ1n) is 25.8. The molecule has 0 atom stereocenters. The highest BCUT2D eigenvalue weighted by molar-refractivity contribution is 5.81. The van der Waals surface area contributed by atoms with Crippen molar-refractivity contribution in [3.05, 3.63) is 241 Å². The van der Waals surface area contributed by atoms with Crippen molar-refractivity contribution in [2.24, 2.45) is 5.41 Å². The van der Waals surface area contributed by atoms with Crippen LogP contribution in [0.25, 0.3) is 94.8 Å². The number of allylic oxidation sites excluding steroid dienone is 4. The number of hydrogen-bond acceptors (Lipinski definition) is 1. The third-order valence-electron chi connectivity index (χ3n) is 14.7. The Bertz CT molecular complexity index is 3220. The molecule has 1 heteroatoms. The van der Waals surface area contributed by atoms with Gasteiger partial charge in [0.1, 0.15) is 0 Å². The molecule has 0 radical (unpaired) electrons. The molecule has 0 bridgehead atoms. The average molecular weight is 934 g/mol. The highest BCUT2D eigenvalue weighted by atomic mass is 14.7. The fraction of sp³-hybridized carbons (Fsp3) is 0.197. The van der Waals surface area contributed by atoms with Crippen molar-refractivity contribution < 1.29 is 0 Å². The normalized spacial score (nSPS) is 13.1. The van der Waals surface area contributed by atoms with Gasteiger partial charge in [-0.05, 0) is 130 Å². The van der Waals surface area contributed by atoms with Gasteiger partial charge in [-0.3, -0.25) is 0 Å². The molecule has 0 saturated carbocycles. The van der Waals surface area contributed by atoms with Crippen molar-refractivity contribution in [1.29, 1.82) is 0 Å². The van der Waals surface area contributed by atoms with Crippen LogP contribution in [0, 0.1) is 5.41 Å². The van der Waals surface area contributed by atoms with Crippen LogP contribution in [0.15, 0.2) is 224 Å². The molecule has 0 spiro atoms. The predicted octanol–water partition coefficient (Wildman–Crippen LogP) is 20.2. The Hall–Kier alpha value is -7.61. The summed E-state index contributed by atoms with van der Waals surface area (Å²) in [6, 6.07) is 76.2. The maximum Gasteiger partial charge on any atom is 0.0715 e. The molecule has 0 saturated heterocycles. The molecule has 9 aromatic rings. The Morgan fingerprint density at radius 2 is 0.500 bits per heavy atom. The van der Waals surface area contributed by atoms with Gasteiger partial charge in [0.2, 0.25) is 0 Å². The molecule has 10 rings (SSSR count). The zero-order valence-corrected chi connectivity index (χ0v) is 43.6. The Kier molecular flexibility index (Phi) is 13.0. The maximum absolute atomic E-state index is 5.36. The van der Waals surface area contributed by atoms with Gasteiger partial charge in [0.25, 0.3) is 0 Å². The predicted molar refractivity (Wildman–Crippen MR) is 310 cm³/mol. The summed E-state index contributed by atoms with van der Waals surface area (Å²) in [5.41, 5.74) is 25.8. The molecule has 8 aromatic carbocycles. The van der Waals surface area contributed by atoms with Crippen LogP contribution < -0.4 is 0 Å². The largest absolute Gasteiger partial charge is 0.248 e. The zero-order valence-electron chi connectivity index (χ0n) is 43.6. The second kappa shape index (κ2) is 19.5. The van der Waals surface area contributed by atoms with E-state index in [2.05, 4.69) is 281 Å². The Morgan fingerprint density at radius 3 is 0.750 bits per heavy atom. The fourth-order valence-electron chi connectivity index (χ4n) is 9.93. The number of benzene rings is 8. The molecule has 1 aliphatic carbocycles. The number of pyridine rings is 1. The second-order valence-electron chi connectivity index (χ2n) is 22.9. The lowest BCUT2D eigenvalue weighted by Gasteiger charge is -2.26. The lowest BCUT2D eigenvalue weighted by molar-refractivity contribution is 0.482. The molecular formula is C71H67N. The van der Waals surface area contributed by atoms with Crippen molar-refractivity contribution in [2.75, 3.05) is 0 Å². The van der Waals surface area contributed by atoms with E-state index in [9.17, 15) is 0 Å². The van der Waals surface area contributed by atoms with E-state index in [1.807, 2.05) is 0 Å². The standard InChI is InChI=1S/C71H67N/c1-69(2,3)64-40-34-57(35-41-64)52-16-10-48(11-17-52)51-22-24-60(25-23-51)63-46-67(61-30-26-55(27-31-61)49-12-18-53(19-13-49)58-36-42-65(43-37-58)70(4,5)6)72-68(47-63)62-32-28-56(29-33-62)50-14-20-54(21-15-50)59-38-44-66(45-39-59)71(7,8)9/h10-38,40-44,46-47H,39,45H2,1-9H3. The molecule has 0 amide bonds. The summed E-state index contributed by atoms with van der Waals surface area (Å²) >= 11 is 0. The summed E-state index contributed by atoms with van der Waals surface area (Å²) in [5.74, 6) is 0. The number of hydrogen-bond donors (Lipinski definition) is 0. The van der Waals surface area contributed by atoms with E-state index in [1.54, 1.807) is 0 Å². The summed E-state index contributed by atoms with van der Waals surface area (Å²) in [6.07, 6.45) is 6.87. The Morgan fingerprint density at radius 1 is 0.250 bits per heavy atom. The van der Waals surface area contributed by atoms with Crippen molar-refractivity contribution in [1.82, 2.24) is 4.98 Å². The van der Waals surface area contributed by atoms with Crippen LogP contribution in [0.3, 0.4) is 0 Å². The third-order valence-corrected chi connectivity index (χ3v) is 14.7. The van der Waals surface area contributed by atoms with Gasteiger partial charge < -0.3 is 0 Å². The lowest BCUT2D eigenvalue weighted by atomic mass is 9.79. The van der Waals surface area contributed by atoms with E-state index in [0.29, 0.717) is 0 Å². The van der Waals surface area contributed by atoms with E-state index in [0.717, 1.165) is 46.5 Å². The first-order valence-corrected chi connectivity index (χ1v) is 25.8. The maximum atomic E-state index is 5.36. The van der Waals surface area contributed by atoms with Crippen molar-refractivity contribution in [3.63, 3.8) is 0 Å². The molecule has 1 aliphatic rings. The zero-order chi connectivity index (χ0) is 50.2. The van der Waals surface area contributed by atoms with Gasteiger partial charge in [-0.25, -0.2) is 4.98 Å². The molecule has 0 fully saturated rings. The first kappa shape index (κ1) is 48.0.